The van der Waals surface area contributed by atoms with E-state index < -0.39 is 34.7 Å². The number of nitrogens with one attached hydrogen (secondary N) is 1. The van der Waals surface area contributed by atoms with E-state index in [9.17, 15) is 18.3 Å². The third-order valence-electron chi connectivity index (χ3n) is 2.82. The second-order valence-electron chi connectivity index (χ2n) is 4.87. The molecule has 0 fully saturated rings. The van der Waals surface area contributed by atoms with Gasteiger partial charge in [0, 0.05) is 11.0 Å². The highest BCUT2D eigenvalue weighted by molar-refractivity contribution is 9.10. The average Bonchev–Trinajstić information content (AvgIpc) is 2.39. The molecule has 9 heteroatoms. The lowest BCUT2D eigenvalue weighted by Crippen LogP contribution is -2.43. The molecule has 1 atom stereocenters. The molecular formula is C12H16BrNO6S. The van der Waals surface area contributed by atoms with E-state index in [1.807, 2.05) is 0 Å². The second-order valence-corrected chi connectivity index (χ2v) is 7.46. The standard InChI is InChI=1S/C12H16BrNO6S/c1-7-9(13)3-8(11(16)17)4-10(7)21(19,20)14-5-12(2,18)6-15/h3-4,14-15,18H,5-6H2,1-2H3,(H,16,17). The fourth-order valence-corrected chi connectivity index (χ4v) is 3.48. The summed E-state index contributed by atoms with van der Waals surface area (Å²) in [6.45, 7) is 1.77. The van der Waals surface area contributed by atoms with E-state index in [0.29, 0.717) is 10.0 Å². The number of aromatic carboxylic acids is 1. The lowest BCUT2D eigenvalue weighted by molar-refractivity contribution is 0.00680. The summed E-state index contributed by atoms with van der Waals surface area (Å²) in [5.41, 5.74) is -1.44. The predicted molar refractivity (Wildman–Crippen MR) is 78.7 cm³/mol. The molecule has 21 heavy (non-hydrogen) atoms. The van der Waals surface area contributed by atoms with Crippen LogP contribution in [0, 0.1) is 6.92 Å². The van der Waals surface area contributed by atoms with Crippen LogP contribution >= 0.6 is 15.9 Å². The molecule has 0 aromatic heterocycles. The Morgan fingerprint density at radius 1 is 1.43 bits per heavy atom. The number of halogens is 1. The minimum Gasteiger partial charge on any atom is -0.478 e. The number of sulfonamides is 1. The number of hydrogen-bond acceptors (Lipinski definition) is 5. The van der Waals surface area contributed by atoms with Crippen LogP contribution in [0.3, 0.4) is 0 Å². The summed E-state index contributed by atoms with van der Waals surface area (Å²) >= 11 is 3.12. The maximum absolute atomic E-state index is 12.2. The molecule has 1 unspecified atom stereocenters. The Kier molecular flexibility index (Phi) is 5.51. The van der Waals surface area contributed by atoms with Gasteiger partial charge in [-0.3, -0.25) is 0 Å². The van der Waals surface area contributed by atoms with Gasteiger partial charge in [0.2, 0.25) is 10.0 Å². The van der Waals surface area contributed by atoms with Gasteiger partial charge in [0.1, 0.15) is 0 Å². The lowest BCUT2D eigenvalue weighted by atomic mass is 10.1. The first-order valence-electron chi connectivity index (χ1n) is 5.86. The van der Waals surface area contributed by atoms with Crippen molar-refractivity contribution in [2.24, 2.45) is 0 Å². The average molecular weight is 382 g/mol. The molecule has 1 aromatic rings. The molecular weight excluding hydrogens is 366 g/mol. The van der Waals surface area contributed by atoms with Gasteiger partial charge in [-0.1, -0.05) is 15.9 Å². The zero-order valence-electron chi connectivity index (χ0n) is 11.4. The summed E-state index contributed by atoms with van der Waals surface area (Å²) in [7, 11) is -4.03. The third-order valence-corrected chi connectivity index (χ3v) is 5.17. The van der Waals surface area contributed by atoms with Crippen LogP contribution in [0.2, 0.25) is 0 Å². The van der Waals surface area contributed by atoms with Crippen LogP contribution in [-0.2, 0) is 10.0 Å². The number of carboxylic acids is 1. The molecule has 118 valence electrons. The zero-order chi connectivity index (χ0) is 16.4. The molecule has 0 spiro atoms. The molecule has 0 saturated heterocycles. The number of aliphatic hydroxyl groups is 2. The van der Waals surface area contributed by atoms with Crippen molar-refractivity contribution in [3.05, 3.63) is 27.7 Å². The van der Waals surface area contributed by atoms with Gasteiger partial charge in [-0.05, 0) is 31.5 Å². The van der Waals surface area contributed by atoms with Crippen LogP contribution in [0.25, 0.3) is 0 Å². The van der Waals surface area contributed by atoms with Crippen LogP contribution in [0.15, 0.2) is 21.5 Å². The van der Waals surface area contributed by atoms with Crippen LogP contribution in [0.1, 0.15) is 22.8 Å². The fraction of sp³-hybridized carbons (Fsp3) is 0.417. The van der Waals surface area contributed by atoms with E-state index in [1.54, 1.807) is 0 Å². The van der Waals surface area contributed by atoms with Gasteiger partial charge >= 0.3 is 5.97 Å². The Morgan fingerprint density at radius 3 is 2.48 bits per heavy atom. The number of benzene rings is 1. The van der Waals surface area contributed by atoms with Crippen molar-refractivity contribution in [1.82, 2.24) is 4.72 Å². The second kappa shape index (κ2) is 6.41. The first-order valence-corrected chi connectivity index (χ1v) is 8.14. The highest BCUT2D eigenvalue weighted by atomic mass is 79.9. The summed E-state index contributed by atoms with van der Waals surface area (Å²) in [6, 6.07) is 2.35. The molecule has 7 nitrogen and oxygen atoms in total. The van der Waals surface area contributed by atoms with Gasteiger partial charge in [-0.2, -0.15) is 0 Å². The van der Waals surface area contributed by atoms with Crippen molar-refractivity contribution in [2.45, 2.75) is 24.3 Å². The number of aliphatic hydroxyl groups excluding tert-OH is 1. The van der Waals surface area contributed by atoms with Crippen molar-refractivity contribution in [3.8, 4) is 0 Å². The fourth-order valence-electron chi connectivity index (χ4n) is 1.44. The maximum atomic E-state index is 12.2. The Balaban J connectivity index is 3.22. The van der Waals surface area contributed by atoms with Crippen LogP contribution in [0.4, 0.5) is 0 Å². The Labute approximate surface area is 130 Å². The molecule has 0 amide bonds. The molecule has 0 aliphatic rings. The maximum Gasteiger partial charge on any atom is 0.335 e. The molecule has 1 aromatic carbocycles. The summed E-state index contributed by atoms with van der Waals surface area (Å²) in [5.74, 6) is -1.26. The van der Waals surface area contributed by atoms with Gasteiger partial charge < -0.3 is 15.3 Å². The van der Waals surface area contributed by atoms with Crippen LogP contribution in [-0.4, -0.2) is 48.5 Å². The van der Waals surface area contributed by atoms with Crippen molar-refractivity contribution in [2.75, 3.05) is 13.2 Å². The Bertz CT molecular complexity index is 656. The molecule has 1 rings (SSSR count). The van der Waals surface area contributed by atoms with Gasteiger partial charge in [-0.15, -0.1) is 0 Å². The van der Waals surface area contributed by atoms with Crippen LogP contribution in [0.5, 0.6) is 0 Å². The zero-order valence-corrected chi connectivity index (χ0v) is 13.8. The molecule has 0 saturated carbocycles. The molecule has 0 bridgehead atoms. The Morgan fingerprint density at radius 2 is 2.00 bits per heavy atom. The molecule has 4 N–H and O–H groups in total. The monoisotopic (exact) mass is 381 g/mol. The van der Waals surface area contributed by atoms with E-state index in [0.717, 1.165) is 6.07 Å². The first kappa shape index (κ1) is 18.1. The van der Waals surface area contributed by atoms with Gasteiger partial charge in [-0.25, -0.2) is 17.9 Å². The smallest absolute Gasteiger partial charge is 0.335 e. The summed E-state index contributed by atoms with van der Waals surface area (Å²) in [6.07, 6.45) is 0. The topological polar surface area (TPSA) is 124 Å². The quantitative estimate of drug-likeness (QED) is 0.567. The minimum absolute atomic E-state index is 0.179. The number of carboxylic acid groups (broad SMARTS) is 1. The largest absolute Gasteiger partial charge is 0.478 e. The molecule has 0 heterocycles. The van der Waals surface area contributed by atoms with E-state index >= 15 is 0 Å². The highest BCUT2D eigenvalue weighted by Gasteiger charge is 2.26. The van der Waals surface area contributed by atoms with Crippen molar-refractivity contribution in [3.63, 3.8) is 0 Å². The van der Waals surface area contributed by atoms with Crippen molar-refractivity contribution < 1.29 is 28.5 Å². The number of carbonyl (C=O) groups is 1. The first-order chi connectivity index (χ1) is 9.50. The minimum atomic E-state index is -4.03. The normalized spacial score (nSPS) is 14.7. The van der Waals surface area contributed by atoms with Gasteiger partial charge in [0.05, 0.1) is 22.7 Å². The summed E-state index contributed by atoms with van der Waals surface area (Å²) in [5, 5.41) is 27.5. The summed E-state index contributed by atoms with van der Waals surface area (Å²) in [4.78, 5) is 10.8. The number of rotatable bonds is 6. The lowest BCUT2D eigenvalue weighted by Gasteiger charge is -2.21. The predicted octanol–water partition coefficient (Wildman–Crippen LogP) is 0.477. The molecule has 0 aliphatic carbocycles. The summed E-state index contributed by atoms with van der Waals surface area (Å²) < 4.78 is 26.9. The van der Waals surface area contributed by atoms with E-state index in [-0.39, 0.29) is 10.5 Å². The van der Waals surface area contributed by atoms with E-state index in [1.165, 1.54) is 19.9 Å². The van der Waals surface area contributed by atoms with Crippen molar-refractivity contribution >= 4 is 31.9 Å². The highest BCUT2D eigenvalue weighted by Crippen LogP contribution is 2.26. The van der Waals surface area contributed by atoms with Crippen LogP contribution < -0.4 is 4.72 Å². The van der Waals surface area contributed by atoms with E-state index in [2.05, 4.69) is 20.7 Å². The van der Waals surface area contributed by atoms with Gasteiger partial charge in [0.15, 0.2) is 0 Å². The number of hydrogen-bond donors (Lipinski definition) is 4. The van der Waals surface area contributed by atoms with Gasteiger partial charge in [0.25, 0.3) is 0 Å². The molecule has 0 radical (unpaired) electrons. The van der Waals surface area contributed by atoms with E-state index in [4.69, 9.17) is 10.2 Å². The molecule has 0 aliphatic heterocycles. The third kappa shape index (κ3) is 4.48. The SMILES string of the molecule is Cc1c(Br)cc(C(=O)O)cc1S(=O)(=O)NCC(C)(O)CO. The Hall–Kier alpha value is -1.00. The van der Waals surface area contributed by atoms with Crippen molar-refractivity contribution in [1.29, 1.82) is 0 Å².